The molecule has 1 unspecified atom stereocenters. The summed E-state index contributed by atoms with van der Waals surface area (Å²) in [4.78, 5) is 0. The van der Waals surface area contributed by atoms with E-state index >= 15 is 0 Å². The lowest BCUT2D eigenvalue weighted by Gasteiger charge is -2.38. The Hall–Kier alpha value is 0.0649. The van der Waals surface area contributed by atoms with Crippen molar-refractivity contribution in [2.75, 3.05) is 0 Å². The SMILES string of the molecule is [B]C(C)CCC(CCC)(CCC)C(C)C. The molecule has 0 aromatic heterocycles. The van der Waals surface area contributed by atoms with Crippen molar-refractivity contribution in [3.8, 4) is 0 Å². The Labute approximate surface area is 98.6 Å². The zero-order valence-electron chi connectivity index (χ0n) is 11.5. The minimum Gasteiger partial charge on any atom is -0.0801 e. The van der Waals surface area contributed by atoms with E-state index in [0.29, 0.717) is 11.2 Å². The number of rotatable bonds is 8. The highest BCUT2D eigenvalue weighted by molar-refractivity contribution is 6.11. The lowest BCUT2D eigenvalue weighted by molar-refractivity contribution is 0.131. The molecule has 0 rings (SSSR count). The van der Waals surface area contributed by atoms with Gasteiger partial charge in [0.25, 0.3) is 0 Å². The molecule has 0 saturated heterocycles. The predicted octanol–water partition coefficient (Wildman–Crippen LogP) is 4.99. The van der Waals surface area contributed by atoms with Crippen LogP contribution in [-0.4, -0.2) is 7.85 Å². The number of hydrogen-bond donors (Lipinski definition) is 0. The van der Waals surface area contributed by atoms with Crippen LogP contribution in [0.5, 0.6) is 0 Å². The normalized spacial score (nSPS) is 14.5. The van der Waals surface area contributed by atoms with Crippen molar-refractivity contribution in [1.82, 2.24) is 0 Å². The first-order valence-electron chi connectivity index (χ1n) is 6.74. The first kappa shape index (κ1) is 15.1. The second kappa shape index (κ2) is 7.36. The average Bonchev–Trinajstić information content (AvgIpc) is 2.14. The Morgan fingerprint density at radius 2 is 1.40 bits per heavy atom. The standard InChI is InChI=1S/C14H29B/c1-6-9-14(10-7-2,12(3)4)11-8-13(5)15/h12-13H,6-11H2,1-5H3. The van der Waals surface area contributed by atoms with Crippen LogP contribution in [0.4, 0.5) is 0 Å². The van der Waals surface area contributed by atoms with Crippen molar-refractivity contribution in [3.05, 3.63) is 0 Å². The Morgan fingerprint density at radius 1 is 0.933 bits per heavy atom. The van der Waals surface area contributed by atoms with Crippen molar-refractivity contribution >= 4 is 7.85 Å². The topological polar surface area (TPSA) is 0 Å². The average molecular weight is 208 g/mol. The molecule has 0 nitrogen and oxygen atoms in total. The molecule has 88 valence electrons. The van der Waals surface area contributed by atoms with Crippen molar-refractivity contribution in [2.45, 2.75) is 79.0 Å². The summed E-state index contributed by atoms with van der Waals surface area (Å²) in [6.07, 6.45) is 7.83. The van der Waals surface area contributed by atoms with E-state index in [4.69, 9.17) is 7.85 Å². The monoisotopic (exact) mass is 208 g/mol. The van der Waals surface area contributed by atoms with Crippen molar-refractivity contribution in [3.63, 3.8) is 0 Å². The minimum absolute atomic E-state index is 0.358. The lowest BCUT2D eigenvalue weighted by Crippen LogP contribution is -2.27. The Balaban J connectivity index is 4.46. The second-order valence-electron chi connectivity index (χ2n) is 5.53. The van der Waals surface area contributed by atoms with E-state index in [9.17, 15) is 0 Å². The van der Waals surface area contributed by atoms with Gasteiger partial charge >= 0.3 is 0 Å². The van der Waals surface area contributed by atoms with Gasteiger partial charge in [0.1, 0.15) is 0 Å². The van der Waals surface area contributed by atoms with Gasteiger partial charge in [-0.25, -0.2) is 0 Å². The summed E-state index contributed by atoms with van der Waals surface area (Å²) < 4.78 is 0. The molecule has 0 amide bonds. The highest BCUT2D eigenvalue weighted by Gasteiger charge is 2.31. The minimum atomic E-state index is 0.358. The van der Waals surface area contributed by atoms with Crippen molar-refractivity contribution < 1.29 is 0 Å². The molecule has 0 bridgehead atoms. The van der Waals surface area contributed by atoms with E-state index in [-0.39, 0.29) is 0 Å². The Morgan fingerprint density at radius 3 is 1.67 bits per heavy atom. The maximum Gasteiger partial charge on any atom is 0.0695 e. The summed E-state index contributed by atoms with van der Waals surface area (Å²) >= 11 is 0. The molecular formula is C14H29B. The van der Waals surface area contributed by atoms with Crippen LogP contribution in [0.2, 0.25) is 5.82 Å². The van der Waals surface area contributed by atoms with E-state index in [1.165, 1.54) is 38.5 Å². The quantitative estimate of drug-likeness (QED) is 0.493. The zero-order valence-corrected chi connectivity index (χ0v) is 11.5. The number of hydrogen-bond acceptors (Lipinski definition) is 0. The van der Waals surface area contributed by atoms with Crippen LogP contribution in [0.1, 0.15) is 73.1 Å². The molecule has 0 fully saturated rings. The van der Waals surface area contributed by atoms with Crippen LogP contribution in [0.25, 0.3) is 0 Å². The van der Waals surface area contributed by atoms with E-state index in [1.807, 2.05) is 0 Å². The van der Waals surface area contributed by atoms with Crippen LogP contribution < -0.4 is 0 Å². The molecule has 0 aliphatic heterocycles. The maximum atomic E-state index is 5.89. The van der Waals surface area contributed by atoms with Gasteiger partial charge in [-0.2, -0.15) is 0 Å². The van der Waals surface area contributed by atoms with Gasteiger partial charge < -0.3 is 0 Å². The first-order valence-corrected chi connectivity index (χ1v) is 6.74. The van der Waals surface area contributed by atoms with Gasteiger partial charge in [0.2, 0.25) is 0 Å². The molecule has 0 aromatic carbocycles. The third-order valence-corrected chi connectivity index (χ3v) is 3.82. The molecule has 0 spiro atoms. The van der Waals surface area contributed by atoms with Crippen LogP contribution in [-0.2, 0) is 0 Å². The van der Waals surface area contributed by atoms with Gasteiger partial charge in [-0.15, -0.1) is 0 Å². The van der Waals surface area contributed by atoms with E-state index in [1.54, 1.807) is 0 Å². The largest absolute Gasteiger partial charge is 0.0801 e. The van der Waals surface area contributed by atoms with Gasteiger partial charge in [-0.1, -0.05) is 59.7 Å². The fourth-order valence-electron chi connectivity index (χ4n) is 2.75. The second-order valence-corrected chi connectivity index (χ2v) is 5.53. The molecule has 0 saturated carbocycles. The van der Waals surface area contributed by atoms with Gasteiger partial charge in [-0.05, 0) is 30.6 Å². The smallest absolute Gasteiger partial charge is 0.0695 e. The summed E-state index contributed by atoms with van der Waals surface area (Å²) in [6.45, 7) is 11.5. The summed E-state index contributed by atoms with van der Waals surface area (Å²) in [7, 11) is 5.89. The highest BCUT2D eigenvalue weighted by atomic mass is 14.4. The van der Waals surface area contributed by atoms with E-state index in [0.717, 1.165) is 5.92 Å². The maximum absolute atomic E-state index is 5.89. The molecular weight excluding hydrogens is 179 g/mol. The third-order valence-electron chi connectivity index (χ3n) is 3.82. The fourth-order valence-corrected chi connectivity index (χ4v) is 2.75. The van der Waals surface area contributed by atoms with Gasteiger partial charge in [0, 0.05) is 0 Å². The molecule has 2 radical (unpaired) electrons. The van der Waals surface area contributed by atoms with Gasteiger partial charge in [0.05, 0.1) is 7.85 Å². The summed E-state index contributed by atoms with van der Waals surface area (Å²) in [6, 6.07) is 0. The molecule has 15 heavy (non-hydrogen) atoms. The van der Waals surface area contributed by atoms with Crippen molar-refractivity contribution in [1.29, 1.82) is 0 Å². The summed E-state index contributed by atoms with van der Waals surface area (Å²) in [5.41, 5.74) is 0.553. The zero-order chi connectivity index (χ0) is 11.9. The molecule has 0 N–H and O–H groups in total. The van der Waals surface area contributed by atoms with Crippen LogP contribution >= 0.6 is 0 Å². The molecule has 1 atom stereocenters. The van der Waals surface area contributed by atoms with E-state index in [2.05, 4.69) is 34.6 Å². The third kappa shape index (κ3) is 5.09. The van der Waals surface area contributed by atoms with Crippen LogP contribution in [0.3, 0.4) is 0 Å². The van der Waals surface area contributed by atoms with Gasteiger partial charge in [0.15, 0.2) is 0 Å². The van der Waals surface area contributed by atoms with Crippen LogP contribution in [0, 0.1) is 11.3 Å². The van der Waals surface area contributed by atoms with E-state index < -0.39 is 0 Å². The Bertz CT molecular complexity index is 143. The van der Waals surface area contributed by atoms with Crippen molar-refractivity contribution in [2.24, 2.45) is 11.3 Å². The molecule has 0 aliphatic carbocycles. The highest BCUT2D eigenvalue weighted by Crippen LogP contribution is 2.43. The lowest BCUT2D eigenvalue weighted by atomic mass is 9.66. The molecule has 0 aromatic rings. The molecule has 0 aliphatic rings. The van der Waals surface area contributed by atoms with Gasteiger partial charge in [-0.3, -0.25) is 0 Å². The fraction of sp³-hybridized carbons (Fsp3) is 1.00. The molecule has 0 heterocycles. The summed E-state index contributed by atoms with van der Waals surface area (Å²) in [5.74, 6) is 1.15. The first-order chi connectivity index (χ1) is 6.98. The Kier molecular flexibility index (Phi) is 7.39. The summed E-state index contributed by atoms with van der Waals surface area (Å²) in [5, 5.41) is 0. The van der Waals surface area contributed by atoms with Crippen LogP contribution in [0.15, 0.2) is 0 Å². The predicted molar refractivity (Wildman–Crippen MR) is 71.5 cm³/mol. The molecule has 1 heteroatoms.